The van der Waals surface area contributed by atoms with E-state index in [2.05, 4.69) is 6.92 Å². The zero-order valence-corrected chi connectivity index (χ0v) is 12.6. The van der Waals surface area contributed by atoms with Crippen molar-refractivity contribution >= 4 is 8.56 Å². The lowest BCUT2D eigenvalue weighted by atomic mass is 10.2. The van der Waals surface area contributed by atoms with Gasteiger partial charge in [0.15, 0.2) is 0 Å². The fraction of sp³-hybridized carbons (Fsp3) is 0.571. The van der Waals surface area contributed by atoms with Gasteiger partial charge in [-0.1, -0.05) is 19.1 Å². The summed E-state index contributed by atoms with van der Waals surface area (Å²) in [5.41, 5.74) is 1.22. The summed E-state index contributed by atoms with van der Waals surface area (Å²) in [4.78, 5) is 0. The van der Waals surface area contributed by atoms with Crippen LogP contribution in [-0.4, -0.2) is 26.9 Å². The van der Waals surface area contributed by atoms with Crippen molar-refractivity contribution in [2.75, 3.05) is 13.2 Å². The van der Waals surface area contributed by atoms with Crippen LogP contribution >= 0.6 is 0 Å². The number of aryl methyl sites for hydroxylation is 1. The molecule has 0 unspecified atom stereocenters. The van der Waals surface area contributed by atoms with Gasteiger partial charge < -0.3 is 14.0 Å². The molecule has 1 aromatic carbocycles. The fourth-order valence-corrected chi connectivity index (χ4v) is 4.95. The van der Waals surface area contributed by atoms with Crippen LogP contribution in [0.3, 0.4) is 0 Å². The van der Waals surface area contributed by atoms with Crippen LogP contribution in [0.15, 0.2) is 24.3 Å². The van der Waals surface area contributed by atoms with E-state index in [9.17, 15) is 5.11 Å². The highest BCUT2D eigenvalue weighted by atomic mass is 28.4. The maximum atomic E-state index is 9.26. The Morgan fingerprint density at radius 3 is 2.00 bits per heavy atom. The van der Waals surface area contributed by atoms with Crippen LogP contribution in [-0.2, 0) is 15.3 Å². The van der Waals surface area contributed by atoms with E-state index in [0.29, 0.717) is 5.75 Å². The Morgan fingerprint density at radius 1 is 1.00 bits per heavy atom. The zero-order valence-electron chi connectivity index (χ0n) is 11.6. The highest BCUT2D eigenvalue weighted by molar-refractivity contribution is 6.67. The maximum absolute atomic E-state index is 9.26. The van der Waals surface area contributed by atoms with E-state index in [1.807, 2.05) is 26.0 Å². The van der Waals surface area contributed by atoms with E-state index in [1.165, 1.54) is 5.56 Å². The third-order valence-corrected chi connectivity index (χ3v) is 6.80. The third-order valence-electron chi connectivity index (χ3n) is 3.08. The first-order chi connectivity index (χ1) is 8.65. The van der Waals surface area contributed by atoms with Crippen molar-refractivity contribution in [1.82, 2.24) is 0 Å². The zero-order chi connectivity index (χ0) is 13.4. The molecule has 0 aliphatic heterocycles. The maximum Gasteiger partial charge on any atom is 0.338 e. The normalized spacial score (nSPS) is 11.7. The van der Waals surface area contributed by atoms with Gasteiger partial charge in [0, 0.05) is 13.2 Å². The third kappa shape index (κ3) is 4.44. The molecule has 18 heavy (non-hydrogen) atoms. The van der Waals surface area contributed by atoms with Gasteiger partial charge in [0.1, 0.15) is 5.75 Å². The van der Waals surface area contributed by atoms with Gasteiger partial charge in [-0.05, 0) is 50.1 Å². The summed E-state index contributed by atoms with van der Waals surface area (Å²) in [5.74, 6) is 0.312. The number of hydrogen-bond donors (Lipinski definition) is 1. The molecule has 0 amide bonds. The van der Waals surface area contributed by atoms with Crippen LogP contribution < -0.4 is 0 Å². The van der Waals surface area contributed by atoms with Crippen LogP contribution in [0.5, 0.6) is 5.75 Å². The molecule has 0 heterocycles. The summed E-state index contributed by atoms with van der Waals surface area (Å²) in [6.45, 7) is 7.63. The molecule has 0 fully saturated rings. The monoisotopic (exact) mass is 268 g/mol. The van der Waals surface area contributed by atoms with Crippen LogP contribution in [0.1, 0.15) is 26.3 Å². The van der Waals surface area contributed by atoms with E-state index in [-0.39, 0.29) is 0 Å². The number of rotatable bonds is 8. The van der Waals surface area contributed by atoms with Crippen LogP contribution in [0, 0.1) is 0 Å². The lowest BCUT2D eigenvalue weighted by Crippen LogP contribution is -2.42. The van der Waals surface area contributed by atoms with Crippen molar-refractivity contribution in [2.24, 2.45) is 0 Å². The summed E-state index contributed by atoms with van der Waals surface area (Å²) < 4.78 is 11.9. The molecule has 0 atom stereocenters. The average Bonchev–Trinajstić information content (AvgIpc) is 2.38. The lowest BCUT2D eigenvalue weighted by Gasteiger charge is -2.29. The molecule has 0 saturated carbocycles. The second-order valence-electron chi connectivity index (χ2n) is 4.30. The summed E-state index contributed by atoms with van der Waals surface area (Å²) in [6.07, 6.45) is 0.945. The lowest BCUT2D eigenvalue weighted by molar-refractivity contribution is 0.183. The van der Waals surface area contributed by atoms with Gasteiger partial charge in [-0.15, -0.1) is 0 Å². The first kappa shape index (κ1) is 15.2. The van der Waals surface area contributed by atoms with E-state index in [0.717, 1.165) is 31.7 Å². The minimum Gasteiger partial charge on any atom is -0.508 e. The standard InChI is InChI=1S/C14H24O3Si/c1-4-16-18(6-3,17-5-2)12-11-13-7-9-14(15)10-8-13/h7-10,15H,4-6,11-12H2,1-3H3. The summed E-state index contributed by atoms with van der Waals surface area (Å²) in [5, 5.41) is 9.26. The second kappa shape index (κ2) is 7.56. The summed E-state index contributed by atoms with van der Waals surface area (Å²) in [7, 11) is -2.03. The molecule has 0 bridgehead atoms. The van der Waals surface area contributed by atoms with Crippen LogP contribution in [0.25, 0.3) is 0 Å². The highest BCUT2D eigenvalue weighted by Gasteiger charge is 2.34. The number of hydrogen-bond acceptors (Lipinski definition) is 3. The number of phenolic OH excluding ortho intramolecular Hbond substituents is 1. The van der Waals surface area contributed by atoms with Gasteiger partial charge in [0.25, 0.3) is 0 Å². The Bertz CT molecular complexity index is 331. The quantitative estimate of drug-likeness (QED) is 0.734. The molecule has 1 aromatic rings. The van der Waals surface area contributed by atoms with E-state index < -0.39 is 8.56 Å². The predicted molar refractivity (Wildman–Crippen MR) is 76.1 cm³/mol. The molecule has 0 saturated heterocycles. The topological polar surface area (TPSA) is 38.7 Å². The number of phenols is 1. The predicted octanol–water partition coefficient (Wildman–Crippen LogP) is 3.47. The van der Waals surface area contributed by atoms with E-state index >= 15 is 0 Å². The molecule has 3 nitrogen and oxygen atoms in total. The van der Waals surface area contributed by atoms with Crippen molar-refractivity contribution < 1.29 is 14.0 Å². The van der Waals surface area contributed by atoms with Gasteiger partial charge in [-0.2, -0.15) is 0 Å². The fourth-order valence-electron chi connectivity index (χ4n) is 2.09. The highest BCUT2D eigenvalue weighted by Crippen LogP contribution is 2.22. The Balaban J connectivity index is 2.63. The molecule has 102 valence electrons. The first-order valence-electron chi connectivity index (χ1n) is 6.71. The van der Waals surface area contributed by atoms with Crippen molar-refractivity contribution in [1.29, 1.82) is 0 Å². The average molecular weight is 268 g/mol. The molecule has 0 spiro atoms. The first-order valence-corrected chi connectivity index (χ1v) is 8.94. The molecule has 0 aromatic heterocycles. The number of aromatic hydroxyl groups is 1. The summed E-state index contributed by atoms with van der Waals surface area (Å²) >= 11 is 0. The summed E-state index contributed by atoms with van der Waals surface area (Å²) in [6, 6.07) is 9.32. The molecular formula is C14H24O3Si. The van der Waals surface area contributed by atoms with Gasteiger partial charge in [-0.25, -0.2) is 0 Å². The molecule has 0 aliphatic rings. The van der Waals surface area contributed by atoms with Gasteiger partial charge in [0.2, 0.25) is 0 Å². The molecule has 0 aliphatic carbocycles. The Hall–Kier alpha value is -0.843. The minimum atomic E-state index is -2.03. The second-order valence-corrected chi connectivity index (χ2v) is 7.90. The van der Waals surface area contributed by atoms with E-state index in [1.54, 1.807) is 12.1 Å². The molecule has 1 rings (SSSR count). The Morgan fingerprint density at radius 2 is 1.56 bits per heavy atom. The van der Waals surface area contributed by atoms with Crippen molar-refractivity contribution in [3.63, 3.8) is 0 Å². The van der Waals surface area contributed by atoms with Gasteiger partial charge in [0.05, 0.1) is 0 Å². The van der Waals surface area contributed by atoms with Crippen molar-refractivity contribution in [3.05, 3.63) is 29.8 Å². The Labute approximate surface area is 111 Å². The van der Waals surface area contributed by atoms with Crippen LogP contribution in [0.4, 0.5) is 0 Å². The number of benzene rings is 1. The van der Waals surface area contributed by atoms with E-state index in [4.69, 9.17) is 8.85 Å². The smallest absolute Gasteiger partial charge is 0.338 e. The SMILES string of the molecule is CCO[Si](CC)(CCc1ccc(O)cc1)OCC. The van der Waals surface area contributed by atoms with Crippen LogP contribution in [0.2, 0.25) is 12.1 Å². The van der Waals surface area contributed by atoms with Crippen molar-refractivity contribution in [3.8, 4) is 5.75 Å². The molecule has 0 radical (unpaired) electrons. The minimum absolute atomic E-state index is 0.312. The van der Waals surface area contributed by atoms with Crippen molar-refractivity contribution in [2.45, 2.75) is 39.3 Å². The Kier molecular flexibility index (Phi) is 6.39. The van der Waals surface area contributed by atoms with Gasteiger partial charge >= 0.3 is 8.56 Å². The van der Waals surface area contributed by atoms with Gasteiger partial charge in [-0.3, -0.25) is 0 Å². The molecular weight excluding hydrogens is 244 g/mol. The molecule has 1 N–H and O–H groups in total. The largest absolute Gasteiger partial charge is 0.508 e. The molecule has 4 heteroatoms.